The van der Waals surface area contributed by atoms with Crippen molar-refractivity contribution < 1.29 is 19.4 Å². The van der Waals surface area contributed by atoms with Crippen LogP contribution < -0.4 is 20.4 Å². The maximum atomic E-state index is 12.5. The summed E-state index contributed by atoms with van der Waals surface area (Å²) in [4.78, 5) is 43.4. The number of guanidine groups is 1. The van der Waals surface area contributed by atoms with Crippen molar-refractivity contribution >= 4 is 42.2 Å². The standard InChI is InChI=1S/C20H20N8O5S/c1-25-13-14(26(2)20(32)27(3)17(13)31)22-18(25)24-21-9-12-15(29)23-19(34)28(16(12)30)10-5-7-11(33-4)8-6-10/h5-9,13H,1-4H3,(H2,21,23,29,30,34)/p+1. The fourth-order valence-electron chi connectivity index (χ4n) is 3.56. The number of likely N-dealkylation sites (N-methyl/N-ethyl adjacent to an activating group) is 3. The summed E-state index contributed by atoms with van der Waals surface area (Å²) < 4.78 is 10.7. The number of amides is 3. The maximum Gasteiger partial charge on any atom is 0.421 e. The maximum absolute atomic E-state index is 12.5. The lowest BCUT2D eigenvalue weighted by Gasteiger charge is -2.30. The van der Waals surface area contributed by atoms with E-state index in [0.29, 0.717) is 11.4 Å². The molecule has 13 nitrogen and oxygen atoms in total. The van der Waals surface area contributed by atoms with Crippen LogP contribution in [0, 0.1) is 4.77 Å². The number of carbonyl (C=O) groups excluding carboxylic acids is 2. The Hall–Kier alpha value is -4.42. The summed E-state index contributed by atoms with van der Waals surface area (Å²) in [6.07, 6.45) is 1.11. The topological polar surface area (TPSA) is 150 Å². The number of aromatic nitrogens is 2. The number of methoxy groups -OCH3 is 1. The lowest BCUT2D eigenvalue weighted by atomic mass is 10.1. The van der Waals surface area contributed by atoms with Crippen LogP contribution in [0.25, 0.3) is 5.69 Å². The Bertz CT molecular complexity index is 1400. The third kappa shape index (κ3) is 3.60. The number of hydrogen-bond donors (Lipinski definition) is 3. The molecule has 0 saturated carbocycles. The molecule has 1 aromatic carbocycles. The van der Waals surface area contributed by atoms with Crippen LogP contribution in [0.4, 0.5) is 4.79 Å². The first-order valence-electron chi connectivity index (χ1n) is 9.91. The average molecular weight is 486 g/mol. The van der Waals surface area contributed by atoms with Crippen LogP contribution in [0.5, 0.6) is 11.6 Å². The molecule has 3 heterocycles. The number of aromatic hydroxyl groups is 1. The molecule has 1 aromatic heterocycles. The molecule has 1 fully saturated rings. The molecule has 34 heavy (non-hydrogen) atoms. The Labute approximate surface area is 197 Å². The number of nitrogens with one attached hydrogen (secondary N) is 2. The Morgan fingerprint density at radius 2 is 1.85 bits per heavy atom. The quantitative estimate of drug-likeness (QED) is 0.220. The second-order valence-corrected chi connectivity index (χ2v) is 7.83. The molecule has 4 rings (SSSR count). The van der Waals surface area contributed by atoms with Crippen LogP contribution >= 0.6 is 12.2 Å². The number of rotatable bonds is 4. The molecule has 2 aliphatic rings. The second-order valence-electron chi connectivity index (χ2n) is 7.45. The van der Waals surface area contributed by atoms with Gasteiger partial charge in [-0.3, -0.25) is 24.0 Å². The zero-order valence-corrected chi connectivity index (χ0v) is 19.5. The number of nitrogens with zero attached hydrogens (tertiary/aromatic N) is 6. The van der Waals surface area contributed by atoms with Crippen molar-refractivity contribution in [1.82, 2.24) is 34.3 Å². The minimum atomic E-state index is -0.793. The molecule has 0 spiro atoms. The van der Waals surface area contributed by atoms with Crippen LogP contribution in [-0.2, 0) is 4.79 Å². The lowest BCUT2D eigenvalue weighted by Crippen LogP contribution is -2.63. The molecule has 0 radical (unpaired) electrons. The molecule has 2 aromatic rings. The number of hydrazone groups is 1. The molecule has 3 amide bonds. The average Bonchev–Trinajstić information content (AvgIpc) is 3.15. The van der Waals surface area contributed by atoms with Gasteiger partial charge in [-0.1, -0.05) is 0 Å². The minimum Gasteiger partial charge on any atom is -0.497 e. The number of ether oxygens (including phenoxy) is 1. The number of hydrogen-bond acceptors (Lipinski definition) is 9. The summed E-state index contributed by atoms with van der Waals surface area (Å²) >= 11 is 5.20. The Balaban J connectivity index is 1.64. The van der Waals surface area contributed by atoms with Crippen molar-refractivity contribution in [3.63, 3.8) is 0 Å². The Morgan fingerprint density at radius 3 is 2.50 bits per heavy atom. The largest absolute Gasteiger partial charge is 0.497 e. The highest BCUT2D eigenvalue weighted by Gasteiger charge is 2.53. The van der Waals surface area contributed by atoms with Crippen LogP contribution in [0.1, 0.15) is 5.56 Å². The highest BCUT2D eigenvalue weighted by molar-refractivity contribution is 7.71. The summed E-state index contributed by atoms with van der Waals surface area (Å²) in [6, 6.07) is 5.41. The highest BCUT2D eigenvalue weighted by Crippen LogP contribution is 2.21. The van der Waals surface area contributed by atoms with E-state index in [2.05, 4.69) is 20.2 Å². The van der Waals surface area contributed by atoms with E-state index in [-0.39, 0.29) is 22.1 Å². The summed E-state index contributed by atoms with van der Waals surface area (Å²) in [5, 5.41) is 14.8. The predicted octanol–water partition coefficient (Wildman–Crippen LogP) is -0.808. The SMILES string of the molecule is COc1ccc(-n2c(O)c(/C=N/NC3=[N+]=C4C(C(=O)N(C)C(=O)N4C)N3C)c(=O)[nH]c2=S)cc1. The van der Waals surface area contributed by atoms with Gasteiger partial charge in [0.1, 0.15) is 11.3 Å². The van der Waals surface area contributed by atoms with Gasteiger partial charge in [0, 0.05) is 14.1 Å². The van der Waals surface area contributed by atoms with Gasteiger partial charge in [0.25, 0.3) is 11.5 Å². The van der Waals surface area contributed by atoms with Gasteiger partial charge in [-0.05, 0) is 36.5 Å². The summed E-state index contributed by atoms with van der Waals surface area (Å²) in [5.41, 5.74) is 2.34. The third-order valence-corrected chi connectivity index (χ3v) is 5.76. The van der Waals surface area contributed by atoms with Crippen LogP contribution in [0.2, 0.25) is 0 Å². The Kier molecular flexibility index (Phi) is 5.69. The summed E-state index contributed by atoms with van der Waals surface area (Å²) in [7, 11) is 6.06. The van der Waals surface area contributed by atoms with Gasteiger partial charge in [0.2, 0.25) is 11.9 Å². The Morgan fingerprint density at radius 1 is 1.18 bits per heavy atom. The van der Waals surface area contributed by atoms with Gasteiger partial charge >= 0.3 is 17.8 Å². The highest BCUT2D eigenvalue weighted by atomic mass is 32.1. The fourth-order valence-corrected chi connectivity index (χ4v) is 3.85. The fraction of sp³-hybridized carbons (Fsp3) is 0.250. The van der Waals surface area contributed by atoms with Gasteiger partial charge in [-0.15, -0.1) is 5.10 Å². The van der Waals surface area contributed by atoms with Crippen LogP contribution in [-0.4, -0.2) is 93.6 Å². The number of aromatic amines is 1. The molecule has 1 saturated heterocycles. The zero-order valence-electron chi connectivity index (χ0n) is 18.6. The molecule has 1 unspecified atom stereocenters. The molecule has 14 heteroatoms. The normalized spacial score (nSPS) is 17.8. The number of H-pyrrole nitrogens is 1. The van der Waals surface area contributed by atoms with E-state index in [0.717, 1.165) is 11.1 Å². The molecular weight excluding hydrogens is 464 g/mol. The third-order valence-electron chi connectivity index (χ3n) is 5.48. The molecule has 2 aliphatic heterocycles. The number of carbonyl (C=O) groups is 2. The van der Waals surface area contributed by atoms with E-state index < -0.39 is 29.4 Å². The first-order chi connectivity index (χ1) is 16.1. The molecule has 176 valence electrons. The van der Waals surface area contributed by atoms with E-state index in [9.17, 15) is 19.5 Å². The van der Waals surface area contributed by atoms with Gasteiger partial charge in [-0.2, -0.15) is 5.43 Å². The lowest BCUT2D eigenvalue weighted by molar-refractivity contribution is -0.130. The van der Waals surface area contributed by atoms with E-state index in [4.69, 9.17) is 17.0 Å². The molecular formula is C20H21N8O5S+. The molecule has 1 atom stereocenters. The van der Waals surface area contributed by atoms with E-state index in [1.54, 1.807) is 31.3 Å². The summed E-state index contributed by atoms with van der Waals surface area (Å²) in [6.45, 7) is 0. The monoisotopic (exact) mass is 485 g/mol. The molecule has 0 bridgehead atoms. The number of amidine groups is 1. The van der Waals surface area contributed by atoms with E-state index >= 15 is 0 Å². The number of benzene rings is 1. The summed E-state index contributed by atoms with van der Waals surface area (Å²) in [5.74, 6) is 0.194. The van der Waals surface area contributed by atoms with Gasteiger partial charge in [0.15, 0.2) is 4.77 Å². The van der Waals surface area contributed by atoms with E-state index in [1.165, 1.54) is 35.6 Å². The van der Waals surface area contributed by atoms with Gasteiger partial charge < -0.3 is 9.84 Å². The van der Waals surface area contributed by atoms with Gasteiger partial charge in [-0.25, -0.2) is 19.3 Å². The smallest absolute Gasteiger partial charge is 0.421 e. The van der Waals surface area contributed by atoms with Crippen molar-refractivity contribution in [3.8, 4) is 17.3 Å². The number of fused-ring (bicyclic) bond motifs is 1. The van der Waals surface area contributed by atoms with Crippen molar-refractivity contribution in [1.29, 1.82) is 0 Å². The van der Waals surface area contributed by atoms with Crippen molar-refractivity contribution in [3.05, 3.63) is 45.0 Å². The zero-order chi connectivity index (χ0) is 24.7. The number of imide groups is 1. The predicted molar refractivity (Wildman–Crippen MR) is 126 cm³/mol. The first-order valence-corrected chi connectivity index (χ1v) is 10.3. The van der Waals surface area contributed by atoms with Crippen LogP contribution in [0.3, 0.4) is 0 Å². The first kappa shape index (κ1) is 22.8. The van der Waals surface area contributed by atoms with Crippen LogP contribution in [0.15, 0.2) is 34.2 Å². The number of urea groups is 1. The van der Waals surface area contributed by atoms with Gasteiger partial charge in [0.05, 0.1) is 26.1 Å². The second kappa shape index (κ2) is 8.50. The van der Waals surface area contributed by atoms with Crippen molar-refractivity contribution in [2.45, 2.75) is 6.04 Å². The minimum absolute atomic E-state index is 0.00603. The van der Waals surface area contributed by atoms with E-state index in [1.807, 2.05) is 0 Å². The van der Waals surface area contributed by atoms with Crippen molar-refractivity contribution in [2.24, 2.45) is 5.10 Å². The molecule has 0 aliphatic carbocycles. The van der Waals surface area contributed by atoms with Crippen molar-refractivity contribution in [2.75, 3.05) is 28.3 Å². The molecule has 3 N–H and O–H groups in total.